The molecule has 0 heterocycles. The van der Waals surface area contributed by atoms with Gasteiger partial charge < -0.3 is 5.11 Å². The molecular weight excluding hydrogens is 340 g/mol. The van der Waals surface area contributed by atoms with Crippen LogP contribution >= 0.6 is 0 Å². The number of nitrogens with one attached hydrogen (secondary N) is 1. The van der Waals surface area contributed by atoms with Crippen molar-refractivity contribution in [1.82, 2.24) is 4.90 Å². The Bertz CT molecular complexity index is 790. The third kappa shape index (κ3) is 7.36. The molecule has 2 N–H and O–H groups in total. The van der Waals surface area contributed by atoms with Crippen LogP contribution in [0.2, 0.25) is 0 Å². The number of nitrogens with zero attached hydrogens (tertiary/aromatic N) is 1. The number of benzene rings is 2. The number of sulfonamides is 1. The van der Waals surface area contributed by atoms with Gasteiger partial charge in [-0.2, -0.15) is 0 Å². The number of aliphatic carboxylic acids is 1. The smallest absolute Gasteiger partial charge is 0.317 e. The summed E-state index contributed by atoms with van der Waals surface area (Å²) in [4.78, 5) is 13.0. The predicted octanol–water partition coefficient (Wildman–Crippen LogP) is 2.19. The lowest BCUT2D eigenvalue weighted by Gasteiger charge is -2.20. The molecule has 6 nitrogen and oxygen atoms in total. The van der Waals surface area contributed by atoms with Crippen LogP contribution in [0.15, 0.2) is 54.6 Å². The van der Waals surface area contributed by atoms with Crippen LogP contribution in [0.4, 0.5) is 5.69 Å². The molecule has 0 aromatic heterocycles. The Balaban J connectivity index is 1.99. The molecule has 0 saturated heterocycles. The zero-order chi connectivity index (χ0) is 18.3. The van der Waals surface area contributed by atoms with E-state index in [1.165, 1.54) is 0 Å². The standard InChI is InChI=1S/C18H22N2O4S/c1-25(23,24)19-17-9-7-16(8-10-17)13-20(14-18(21)22)12-11-15-5-3-2-4-6-15/h2-10,19H,11-14H2,1H3,(H,21,22). The number of carbonyl (C=O) groups is 1. The molecule has 0 aliphatic carbocycles. The average Bonchev–Trinajstić information content (AvgIpc) is 2.53. The summed E-state index contributed by atoms with van der Waals surface area (Å²) >= 11 is 0. The molecule has 2 aromatic carbocycles. The van der Waals surface area contributed by atoms with Gasteiger partial charge in [-0.1, -0.05) is 42.5 Å². The SMILES string of the molecule is CS(=O)(=O)Nc1ccc(CN(CCc2ccccc2)CC(=O)O)cc1. The van der Waals surface area contributed by atoms with Gasteiger partial charge in [-0.3, -0.25) is 14.4 Å². The molecule has 0 radical (unpaired) electrons. The van der Waals surface area contributed by atoms with E-state index >= 15 is 0 Å². The second-order valence-corrected chi connectivity index (χ2v) is 7.66. The van der Waals surface area contributed by atoms with Gasteiger partial charge in [-0.15, -0.1) is 0 Å². The van der Waals surface area contributed by atoms with E-state index in [1.54, 1.807) is 24.3 Å². The van der Waals surface area contributed by atoms with E-state index in [0.717, 1.165) is 23.8 Å². The number of anilines is 1. The summed E-state index contributed by atoms with van der Waals surface area (Å²) in [5.41, 5.74) is 2.57. The summed E-state index contributed by atoms with van der Waals surface area (Å²) in [6.45, 7) is 1.06. The van der Waals surface area contributed by atoms with Crippen LogP contribution in [0, 0.1) is 0 Å². The van der Waals surface area contributed by atoms with Crippen molar-refractivity contribution in [3.63, 3.8) is 0 Å². The van der Waals surface area contributed by atoms with Gasteiger partial charge in [-0.05, 0) is 29.7 Å². The third-order valence-corrected chi connectivity index (χ3v) is 4.19. The predicted molar refractivity (Wildman–Crippen MR) is 98.0 cm³/mol. The Morgan fingerprint density at radius 3 is 2.24 bits per heavy atom. The Labute approximate surface area is 148 Å². The zero-order valence-corrected chi connectivity index (χ0v) is 14.9. The van der Waals surface area contributed by atoms with Gasteiger partial charge in [0, 0.05) is 18.8 Å². The molecule has 0 fully saturated rings. The molecule has 0 aliphatic heterocycles. The van der Waals surface area contributed by atoms with E-state index < -0.39 is 16.0 Å². The van der Waals surface area contributed by atoms with E-state index in [1.807, 2.05) is 35.2 Å². The van der Waals surface area contributed by atoms with Crippen LogP contribution in [-0.4, -0.2) is 43.7 Å². The van der Waals surface area contributed by atoms with Crippen molar-refractivity contribution in [3.8, 4) is 0 Å². The van der Waals surface area contributed by atoms with Gasteiger partial charge in [-0.25, -0.2) is 8.42 Å². The number of carboxylic acids is 1. The number of hydrogen-bond donors (Lipinski definition) is 2. The van der Waals surface area contributed by atoms with E-state index in [2.05, 4.69) is 4.72 Å². The first-order valence-electron chi connectivity index (χ1n) is 7.86. The first kappa shape index (κ1) is 19.0. The van der Waals surface area contributed by atoms with Crippen molar-refractivity contribution in [3.05, 3.63) is 65.7 Å². The van der Waals surface area contributed by atoms with E-state index in [9.17, 15) is 13.2 Å². The molecule has 2 rings (SSSR count). The highest BCUT2D eigenvalue weighted by molar-refractivity contribution is 7.92. The highest BCUT2D eigenvalue weighted by atomic mass is 32.2. The molecule has 0 spiro atoms. The molecule has 0 aliphatic rings. The molecular formula is C18H22N2O4S. The topological polar surface area (TPSA) is 86.7 Å². The summed E-state index contributed by atoms with van der Waals surface area (Å²) in [7, 11) is -3.31. The third-order valence-electron chi connectivity index (χ3n) is 3.58. The van der Waals surface area contributed by atoms with Crippen LogP contribution in [0.5, 0.6) is 0 Å². The molecule has 2 aromatic rings. The Hall–Kier alpha value is -2.38. The molecule has 0 unspecified atom stereocenters. The fourth-order valence-electron chi connectivity index (χ4n) is 2.49. The van der Waals surface area contributed by atoms with E-state index in [0.29, 0.717) is 18.8 Å². The second-order valence-electron chi connectivity index (χ2n) is 5.91. The fourth-order valence-corrected chi connectivity index (χ4v) is 3.05. The minimum Gasteiger partial charge on any atom is -0.480 e. The van der Waals surface area contributed by atoms with Gasteiger partial charge in [0.25, 0.3) is 0 Å². The average molecular weight is 362 g/mol. The Morgan fingerprint density at radius 2 is 1.68 bits per heavy atom. The van der Waals surface area contributed by atoms with Gasteiger partial charge in [0.05, 0.1) is 12.8 Å². The van der Waals surface area contributed by atoms with Gasteiger partial charge in [0.15, 0.2) is 0 Å². The molecule has 7 heteroatoms. The highest BCUT2D eigenvalue weighted by Gasteiger charge is 2.11. The number of carboxylic acid groups (broad SMARTS) is 1. The minimum absolute atomic E-state index is 0.0455. The van der Waals surface area contributed by atoms with Crippen LogP contribution < -0.4 is 4.72 Å². The van der Waals surface area contributed by atoms with Crippen molar-refractivity contribution in [2.24, 2.45) is 0 Å². The lowest BCUT2D eigenvalue weighted by Crippen LogP contribution is -2.31. The van der Waals surface area contributed by atoms with Crippen LogP contribution in [0.1, 0.15) is 11.1 Å². The zero-order valence-electron chi connectivity index (χ0n) is 14.1. The summed E-state index contributed by atoms with van der Waals surface area (Å²) in [6.07, 6.45) is 1.86. The largest absolute Gasteiger partial charge is 0.480 e. The molecule has 25 heavy (non-hydrogen) atoms. The normalized spacial score (nSPS) is 11.4. The van der Waals surface area contributed by atoms with Crippen molar-refractivity contribution in [2.75, 3.05) is 24.1 Å². The first-order valence-corrected chi connectivity index (χ1v) is 9.76. The number of rotatable bonds is 9. The maximum Gasteiger partial charge on any atom is 0.317 e. The van der Waals surface area contributed by atoms with Crippen LogP contribution in [0.25, 0.3) is 0 Å². The lowest BCUT2D eigenvalue weighted by atomic mass is 10.1. The highest BCUT2D eigenvalue weighted by Crippen LogP contribution is 2.13. The maximum atomic E-state index is 11.2. The van der Waals surface area contributed by atoms with Crippen molar-refractivity contribution in [1.29, 1.82) is 0 Å². The molecule has 0 atom stereocenters. The monoisotopic (exact) mass is 362 g/mol. The van der Waals surface area contributed by atoms with Crippen molar-refractivity contribution in [2.45, 2.75) is 13.0 Å². The summed E-state index contributed by atoms with van der Waals surface area (Å²) in [5.74, 6) is -0.872. The molecule has 0 amide bonds. The van der Waals surface area contributed by atoms with Gasteiger partial charge in [0.2, 0.25) is 10.0 Å². The number of hydrogen-bond acceptors (Lipinski definition) is 4. The van der Waals surface area contributed by atoms with E-state index in [4.69, 9.17) is 5.11 Å². The Morgan fingerprint density at radius 1 is 1.04 bits per heavy atom. The van der Waals surface area contributed by atoms with Gasteiger partial charge in [0.1, 0.15) is 0 Å². The van der Waals surface area contributed by atoms with Crippen LogP contribution in [-0.2, 0) is 27.8 Å². The molecule has 0 bridgehead atoms. The minimum atomic E-state index is -3.31. The maximum absolute atomic E-state index is 11.2. The fraction of sp³-hybridized carbons (Fsp3) is 0.278. The lowest BCUT2D eigenvalue weighted by molar-refractivity contribution is -0.138. The van der Waals surface area contributed by atoms with Crippen molar-refractivity contribution < 1.29 is 18.3 Å². The molecule has 134 valence electrons. The summed E-state index contributed by atoms with van der Waals surface area (Å²) in [6, 6.07) is 16.9. The van der Waals surface area contributed by atoms with E-state index in [-0.39, 0.29) is 6.54 Å². The summed E-state index contributed by atoms with van der Waals surface area (Å²) < 4.78 is 24.8. The van der Waals surface area contributed by atoms with Crippen molar-refractivity contribution >= 4 is 21.7 Å². The first-order chi connectivity index (χ1) is 11.8. The quantitative estimate of drug-likeness (QED) is 0.714. The Kier molecular flexibility index (Phi) is 6.55. The summed E-state index contributed by atoms with van der Waals surface area (Å²) in [5, 5.41) is 9.11. The molecule has 0 saturated carbocycles. The second kappa shape index (κ2) is 8.64. The van der Waals surface area contributed by atoms with Gasteiger partial charge >= 0.3 is 5.97 Å². The van der Waals surface area contributed by atoms with Crippen LogP contribution in [0.3, 0.4) is 0 Å².